The van der Waals surface area contributed by atoms with Crippen molar-refractivity contribution in [3.63, 3.8) is 0 Å². The minimum absolute atomic E-state index is 0. The summed E-state index contributed by atoms with van der Waals surface area (Å²) in [6.07, 6.45) is 0. The van der Waals surface area contributed by atoms with E-state index in [0.29, 0.717) is 0 Å². The van der Waals surface area contributed by atoms with Crippen LogP contribution >= 0.6 is 24.8 Å². The van der Waals surface area contributed by atoms with Crippen molar-refractivity contribution in [1.29, 1.82) is 0 Å². The minimum atomic E-state index is -1.08. The van der Waals surface area contributed by atoms with E-state index < -0.39 is 5.97 Å². The van der Waals surface area contributed by atoms with Gasteiger partial charge in [0.15, 0.2) is 0 Å². The van der Waals surface area contributed by atoms with Crippen LogP contribution < -0.4 is 5.11 Å². The highest BCUT2D eigenvalue weighted by atomic mass is 35.5. The maximum absolute atomic E-state index is 8.89. The van der Waals surface area contributed by atoms with Gasteiger partial charge in [0, 0.05) is 5.97 Å². The Balaban J connectivity index is -0.0000000450. The third-order valence-electron chi connectivity index (χ3n) is 0. The Labute approximate surface area is 48.4 Å². The second-order valence-corrected chi connectivity index (χ2v) is 0.492. The molecule has 0 N–H and O–H groups in total. The Morgan fingerprint density at radius 1 is 1.50 bits per heavy atom. The number of aliphatic carboxylic acids is 1. The Hall–Kier alpha value is 0.0500. The van der Waals surface area contributed by atoms with E-state index >= 15 is 0 Å². The van der Waals surface area contributed by atoms with Crippen LogP contribution in [0.2, 0.25) is 0 Å². The number of hydrogen-bond donors (Lipinski definition) is 0. The van der Waals surface area contributed by atoms with E-state index in [1.165, 1.54) is 0 Å². The van der Waals surface area contributed by atoms with Gasteiger partial charge in [-0.25, -0.2) is 0 Å². The molecule has 0 spiro atoms. The molecular formula is C2H5Cl2O2-. The van der Waals surface area contributed by atoms with Gasteiger partial charge in [-0.05, 0) is 6.92 Å². The fourth-order valence-corrected chi connectivity index (χ4v) is 0. The van der Waals surface area contributed by atoms with Crippen LogP contribution in [0.5, 0.6) is 0 Å². The van der Waals surface area contributed by atoms with Gasteiger partial charge >= 0.3 is 0 Å². The van der Waals surface area contributed by atoms with Crippen molar-refractivity contribution in [2.45, 2.75) is 6.92 Å². The molecule has 0 fully saturated rings. The number of carboxylic acid groups (broad SMARTS) is 1. The Bertz CT molecular complexity index is 32.5. The zero-order chi connectivity index (χ0) is 3.58. The fraction of sp³-hybridized carbons (Fsp3) is 0.500. The van der Waals surface area contributed by atoms with E-state index in [-0.39, 0.29) is 24.8 Å². The summed E-state index contributed by atoms with van der Waals surface area (Å²) in [5, 5.41) is 8.89. The maximum atomic E-state index is 8.89. The largest absolute Gasteiger partial charge is 0.550 e. The van der Waals surface area contributed by atoms with Crippen LogP contribution in [0.15, 0.2) is 0 Å². The molecule has 0 aliphatic heterocycles. The first-order chi connectivity index (χ1) is 1.73. The van der Waals surface area contributed by atoms with Gasteiger partial charge in [-0.15, -0.1) is 24.8 Å². The van der Waals surface area contributed by atoms with E-state index in [2.05, 4.69) is 0 Å². The molecule has 0 radical (unpaired) electrons. The Morgan fingerprint density at radius 3 is 1.50 bits per heavy atom. The lowest BCUT2D eigenvalue weighted by Crippen LogP contribution is -2.16. The standard InChI is InChI=1S/C2H4O2.2ClH/c1-2(3)4;;/h1H3,(H,3,4);2*1H/p-1. The zero-order valence-electron chi connectivity index (χ0n) is 3.13. The lowest BCUT2D eigenvalue weighted by Gasteiger charge is -1.77. The summed E-state index contributed by atoms with van der Waals surface area (Å²) in [6.45, 7) is 0.972. The molecule has 0 rings (SSSR count). The molecule has 0 bridgehead atoms. The molecule has 0 amide bonds. The highest BCUT2D eigenvalue weighted by Crippen LogP contribution is 1.31. The molecule has 0 aromatic carbocycles. The summed E-state index contributed by atoms with van der Waals surface area (Å²) in [4.78, 5) is 8.89. The lowest BCUT2D eigenvalue weighted by molar-refractivity contribution is -0.302. The maximum Gasteiger partial charge on any atom is 0.0383 e. The number of hydrogen-bond acceptors (Lipinski definition) is 2. The number of rotatable bonds is 0. The Kier molecular flexibility index (Phi) is 24.6. The van der Waals surface area contributed by atoms with Gasteiger partial charge in [0.05, 0.1) is 0 Å². The number of carboxylic acids is 1. The van der Waals surface area contributed by atoms with Crippen molar-refractivity contribution >= 4 is 30.8 Å². The summed E-state index contributed by atoms with van der Waals surface area (Å²) >= 11 is 0. The monoisotopic (exact) mass is 131 g/mol. The van der Waals surface area contributed by atoms with Crippen molar-refractivity contribution < 1.29 is 9.90 Å². The van der Waals surface area contributed by atoms with Crippen LogP contribution in [0.3, 0.4) is 0 Å². The molecule has 0 saturated heterocycles. The molecule has 0 unspecified atom stereocenters. The third kappa shape index (κ3) is 15100. The summed E-state index contributed by atoms with van der Waals surface area (Å²) < 4.78 is 0. The van der Waals surface area contributed by atoms with Crippen LogP contribution in [0.25, 0.3) is 0 Å². The fourth-order valence-electron chi connectivity index (χ4n) is 0. The second kappa shape index (κ2) is 8.90. The molecule has 0 saturated carbocycles. The summed E-state index contributed by atoms with van der Waals surface area (Å²) in [5.74, 6) is -1.08. The molecule has 0 aromatic rings. The van der Waals surface area contributed by atoms with Crippen molar-refractivity contribution in [2.24, 2.45) is 0 Å². The molecule has 0 aromatic heterocycles. The molecule has 6 heavy (non-hydrogen) atoms. The van der Waals surface area contributed by atoms with E-state index in [9.17, 15) is 0 Å². The zero-order valence-corrected chi connectivity index (χ0v) is 4.77. The predicted octanol–water partition coefficient (Wildman–Crippen LogP) is -0.400. The van der Waals surface area contributed by atoms with Gasteiger partial charge < -0.3 is 9.90 Å². The Morgan fingerprint density at radius 2 is 1.50 bits per heavy atom. The first kappa shape index (κ1) is 16.6. The minimum Gasteiger partial charge on any atom is -0.550 e. The van der Waals surface area contributed by atoms with Crippen LogP contribution in [0, 0.1) is 0 Å². The van der Waals surface area contributed by atoms with Gasteiger partial charge in [0.2, 0.25) is 0 Å². The third-order valence-corrected chi connectivity index (χ3v) is 0. The van der Waals surface area contributed by atoms with Crippen LogP contribution in [-0.4, -0.2) is 5.97 Å². The average Bonchev–Trinajstić information content (AvgIpc) is 0.811. The molecule has 2 nitrogen and oxygen atoms in total. The molecular weight excluding hydrogens is 127 g/mol. The van der Waals surface area contributed by atoms with Gasteiger partial charge in [0.25, 0.3) is 0 Å². The summed E-state index contributed by atoms with van der Waals surface area (Å²) in [7, 11) is 0. The number of carbonyl (C=O) groups excluding carboxylic acids is 1. The van der Waals surface area contributed by atoms with E-state index in [1.807, 2.05) is 0 Å². The van der Waals surface area contributed by atoms with Crippen molar-refractivity contribution in [3.8, 4) is 0 Å². The highest BCUT2D eigenvalue weighted by molar-refractivity contribution is 5.85. The van der Waals surface area contributed by atoms with Gasteiger partial charge in [0.1, 0.15) is 0 Å². The first-order valence-corrected chi connectivity index (χ1v) is 0.908. The van der Waals surface area contributed by atoms with E-state index in [0.717, 1.165) is 6.92 Å². The molecule has 4 heteroatoms. The summed E-state index contributed by atoms with van der Waals surface area (Å²) in [5.41, 5.74) is 0. The van der Waals surface area contributed by atoms with Crippen molar-refractivity contribution in [2.75, 3.05) is 0 Å². The predicted molar refractivity (Wildman–Crippen MR) is 25.2 cm³/mol. The van der Waals surface area contributed by atoms with Gasteiger partial charge in [-0.3, -0.25) is 0 Å². The number of carbonyl (C=O) groups is 1. The smallest absolute Gasteiger partial charge is 0.0383 e. The van der Waals surface area contributed by atoms with E-state index in [4.69, 9.17) is 9.90 Å². The van der Waals surface area contributed by atoms with Crippen LogP contribution in [0.1, 0.15) is 6.92 Å². The first-order valence-electron chi connectivity index (χ1n) is 0.908. The van der Waals surface area contributed by atoms with Gasteiger partial charge in [-0.2, -0.15) is 0 Å². The normalized spacial score (nSPS) is 4.17. The van der Waals surface area contributed by atoms with E-state index in [1.54, 1.807) is 0 Å². The lowest BCUT2D eigenvalue weighted by atomic mass is 10.9. The SMILES string of the molecule is CC(=O)[O-].Cl.Cl. The van der Waals surface area contributed by atoms with Crippen LogP contribution in [0.4, 0.5) is 0 Å². The molecule has 0 aliphatic rings. The average molecular weight is 132 g/mol. The summed E-state index contributed by atoms with van der Waals surface area (Å²) in [6, 6.07) is 0. The van der Waals surface area contributed by atoms with Gasteiger partial charge in [-0.1, -0.05) is 0 Å². The molecule has 0 atom stereocenters. The van der Waals surface area contributed by atoms with Crippen LogP contribution in [-0.2, 0) is 4.79 Å². The highest BCUT2D eigenvalue weighted by Gasteiger charge is 1.46. The number of halogens is 2. The molecule has 0 heterocycles. The van der Waals surface area contributed by atoms with Crippen molar-refractivity contribution in [1.82, 2.24) is 0 Å². The topological polar surface area (TPSA) is 40.1 Å². The quantitative estimate of drug-likeness (QED) is 0.449. The molecule has 40 valence electrons. The molecule has 0 aliphatic carbocycles. The second-order valence-electron chi connectivity index (χ2n) is 0.492. The van der Waals surface area contributed by atoms with Crippen molar-refractivity contribution in [3.05, 3.63) is 0 Å².